The Morgan fingerprint density at radius 2 is 1.71 bits per heavy atom. The molecule has 0 aliphatic heterocycles. The Morgan fingerprint density at radius 3 is 2.33 bits per heavy atom. The number of ether oxygens (including phenoxy) is 1. The lowest BCUT2D eigenvalue weighted by molar-refractivity contribution is -0.123. The van der Waals surface area contributed by atoms with Crippen molar-refractivity contribution in [2.45, 2.75) is 13.0 Å². The number of benzene rings is 2. The van der Waals surface area contributed by atoms with E-state index < -0.39 is 41.0 Å². The summed E-state index contributed by atoms with van der Waals surface area (Å²) in [5.41, 5.74) is -0.380. The van der Waals surface area contributed by atoms with Crippen LogP contribution < -0.4 is 5.32 Å². The van der Waals surface area contributed by atoms with E-state index in [1.165, 1.54) is 13.0 Å². The van der Waals surface area contributed by atoms with Gasteiger partial charge in [-0.05, 0) is 37.3 Å². The van der Waals surface area contributed by atoms with Crippen LogP contribution in [0.15, 0.2) is 36.4 Å². The van der Waals surface area contributed by atoms with Gasteiger partial charge in [-0.1, -0.05) is 11.6 Å². The molecule has 0 aromatic heterocycles. The smallest absolute Gasteiger partial charge is 0.341 e. The molecular weight excluding hydrogens is 347 g/mol. The SMILES string of the molecule is C[C@H](OC(=O)c1ccc(F)cc1F)C(=O)Nc1ccc(F)cc1Cl. The average Bonchev–Trinajstić information content (AvgIpc) is 2.49. The molecule has 0 saturated heterocycles. The van der Waals surface area contributed by atoms with Crippen molar-refractivity contribution in [3.05, 3.63) is 64.4 Å². The topological polar surface area (TPSA) is 55.4 Å². The van der Waals surface area contributed by atoms with E-state index in [-0.39, 0.29) is 10.7 Å². The molecule has 0 saturated carbocycles. The van der Waals surface area contributed by atoms with Crippen molar-refractivity contribution in [2.24, 2.45) is 0 Å². The highest BCUT2D eigenvalue weighted by Crippen LogP contribution is 2.22. The Balaban J connectivity index is 2.04. The number of hydrogen-bond donors (Lipinski definition) is 1. The van der Waals surface area contributed by atoms with E-state index in [0.29, 0.717) is 6.07 Å². The Hall–Kier alpha value is -2.54. The van der Waals surface area contributed by atoms with Gasteiger partial charge in [0.2, 0.25) is 0 Å². The first-order valence-electron chi connectivity index (χ1n) is 6.70. The van der Waals surface area contributed by atoms with Crippen molar-refractivity contribution < 1.29 is 27.5 Å². The van der Waals surface area contributed by atoms with Gasteiger partial charge in [0.05, 0.1) is 16.3 Å². The molecule has 8 heteroatoms. The van der Waals surface area contributed by atoms with Gasteiger partial charge in [0.15, 0.2) is 6.10 Å². The van der Waals surface area contributed by atoms with Gasteiger partial charge in [-0.15, -0.1) is 0 Å². The van der Waals surface area contributed by atoms with Crippen molar-refractivity contribution in [1.29, 1.82) is 0 Å². The van der Waals surface area contributed by atoms with Crippen LogP contribution in [0.3, 0.4) is 0 Å². The summed E-state index contributed by atoms with van der Waals surface area (Å²) in [6.45, 7) is 1.26. The molecular formula is C16H11ClF3NO3. The van der Waals surface area contributed by atoms with Crippen LogP contribution in [0.2, 0.25) is 5.02 Å². The maximum Gasteiger partial charge on any atom is 0.341 e. The zero-order valence-corrected chi connectivity index (χ0v) is 13.0. The number of carbonyl (C=O) groups excluding carboxylic acids is 2. The molecule has 0 bridgehead atoms. The average molecular weight is 358 g/mol. The van der Waals surface area contributed by atoms with Crippen molar-refractivity contribution in [1.82, 2.24) is 0 Å². The predicted molar refractivity (Wildman–Crippen MR) is 81.3 cm³/mol. The zero-order chi connectivity index (χ0) is 17.9. The zero-order valence-electron chi connectivity index (χ0n) is 12.3. The fourth-order valence-electron chi connectivity index (χ4n) is 1.76. The minimum Gasteiger partial charge on any atom is -0.449 e. The molecule has 4 nitrogen and oxygen atoms in total. The van der Waals surface area contributed by atoms with Gasteiger partial charge in [-0.3, -0.25) is 4.79 Å². The highest BCUT2D eigenvalue weighted by atomic mass is 35.5. The number of carbonyl (C=O) groups is 2. The summed E-state index contributed by atoms with van der Waals surface area (Å²) < 4.78 is 44.1. The first kappa shape index (κ1) is 17.8. The van der Waals surface area contributed by atoms with Crippen molar-refractivity contribution in [3.8, 4) is 0 Å². The van der Waals surface area contributed by atoms with Gasteiger partial charge in [0.25, 0.3) is 5.91 Å². The van der Waals surface area contributed by atoms with Crippen molar-refractivity contribution in [2.75, 3.05) is 5.32 Å². The second-order valence-corrected chi connectivity index (χ2v) is 5.19. The summed E-state index contributed by atoms with van der Waals surface area (Å²) in [6.07, 6.45) is -1.29. The molecule has 126 valence electrons. The van der Waals surface area contributed by atoms with E-state index >= 15 is 0 Å². The van der Waals surface area contributed by atoms with Crippen LogP contribution in [0.1, 0.15) is 17.3 Å². The summed E-state index contributed by atoms with van der Waals surface area (Å²) >= 11 is 5.77. The van der Waals surface area contributed by atoms with Gasteiger partial charge in [-0.25, -0.2) is 18.0 Å². The van der Waals surface area contributed by atoms with Crippen LogP contribution in [0.5, 0.6) is 0 Å². The number of nitrogens with one attached hydrogen (secondary N) is 1. The minimum atomic E-state index is -1.29. The number of rotatable bonds is 4. The first-order chi connectivity index (χ1) is 11.3. The number of halogens is 4. The molecule has 2 rings (SSSR count). The third kappa shape index (κ3) is 4.26. The number of amides is 1. The Bertz CT molecular complexity index is 798. The highest BCUT2D eigenvalue weighted by Gasteiger charge is 2.22. The molecule has 1 amide bonds. The molecule has 0 aliphatic rings. The summed E-state index contributed by atoms with van der Waals surface area (Å²) in [7, 11) is 0. The lowest BCUT2D eigenvalue weighted by atomic mass is 10.2. The molecule has 1 atom stereocenters. The van der Waals surface area contributed by atoms with Crippen LogP contribution in [-0.4, -0.2) is 18.0 Å². The van der Waals surface area contributed by atoms with E-state index in [0.717, 1.165) is 24.3 Å². The second-order valence-electron chi connectivity index (χ2n) is 4.79. The summed E-state index contributed by atoms with van der Waals surface area (Å²) in [4.78, 5) is 23.8. The van der Waals surface area contributed by atoms with Crippen molar-refractivity contribution in [3.63, 3.8) is 0 Å². The lowest BCUT2D eigenvalue weighted by Crippen LogP contribution is -2.30. The van der Waals surface area contributed by atoms with E-state index in [1.54, 1.807) is 0 Å². The van der Waals surface area contributed by atoms with Gasteiger partial charge >= 0.3 is 5.97 Å². The van der Waals surface area contributed by atoms with Crippen LogP contribution in [0.25, 0.3) is 0 Å². The van der Waals surface area contributed by atoms with Crippen LogP contribution in [0, 0.1) is 17.5 Å². The standard InChI is InChI=1S/C16H11ClF3NO3/c1-8(15(22)21-14-5-3-9(18)6-12(14)17)24-16(23)11-4-2-10(19)7-13(11)20/h2-8H,1H3,(H,21,22)/t8-/m0/s1. The molecule has 24 heavy (non-hydrogen) atoms. The van der Waals surface area contributed by atoms with Crippen LogP contribution in [-0.2, 0) is 9.53 Å². The van der Waals surface area contributed by atoms with Gasteiger partial charge in [0, 0.05) is 6.07 Å². The van der Waals surface area contributed by atoms with Gasteiger partial charge in [-0.2, -0.15) is 0 Å². The predicted octanol–water partition coefficient (Wildman–Crippen LogP) is 3.94. The fraction of sp³-hybridized carbons (Fsp3) is 0.125. The van der Waals surface area contributed by atoms with Gasteiger partial charge in [0.1, 0.15) is 17.5 Å². The lowest BCUT2D eigenvalue weighted by Gasteiger charge is -2.14. The van der Waals surface area contributed by atoms with E-state index in [4.69, 9.17) is 16.3 Å². The minimum absolute atomic E-state index is 0.0357. The molecule has 0 heterocycles. The highest BCUT2D eigenvalue weighted by molar-refractivity contribution is 6.33. The van der Waals surface area contributed by atoms with E-state index in [1.807, 2.05) is 0 Å². The van der Waals surface area contributed by atoms with E-state index in [2.05, 4.69) is 5.32 Å². The van der Waals surface area contributed by atoms with Crippen LogP contribution >= 0.6 is 11.6 Å². The molecule has 0 radical (unpaired) electrons. The molecule has 0 spiro atoms. The van der Waals surface area contributed by atoms with Crippen LogP contribution in [0.4, 0.5) is 18.9 Å². The summed E-state index contributed by atoms with van der Waals surface area (Å²) in [5.74, 6) is -4.40. The number of anilines is 1. The Morgan fingerprint density at radius 1 is 1.08 bits per heavy atom. The fourth-order valence-corrected chi connectivity index (χ4v) is 1.97. The monoisotopic (exact) mass is 357 g/mol. The molecule has 2 aromatic rings. The van der Waals surface area contributed by atoms with Gasteiger partial charge < -0.3 is 10.1 Å². The molecule has 0 unspecified atom stereocenters. The molecule has 0 fully saturated rings. The van der Waals surface area contributed by atoms with Crippen molar-refractivity contribution >= 4 is 29.2 Å². The first-order valence-corrected chi connectivity index (χ1v) is 7.07. The molecule has 1 N–H and O–H groups in total. The Labute approximate surface area is 140 Å². The number of esters is 1. The quantitative estimate of drug-likeness (QED) is 0.843. The third-order valence-corrected chi connectivity index (χ3v) is 3.31. The molecule has 2 aromatic carbocycles. The third-order valence-electron chi connectivity index (χ3n) is 2.99. The van der Waals surface area contributed by atoms with E-state index in [9.17, 15) is 22.8 Å². The second kappa shape index (κ2) is 7.35. The summed E-state index contributed by atoms with van der Waals surface area (Å²) in [6, 6.07) is 5.66. The molecule has 0 aliphatic carbocycles. The maximum atomic E-state index is 13.5. The largest absolute Gasteiger partial charge is 0.449 e. The normalized spacial score (nSPS) is 11.7. The summed E-state index contributed by atoms with van der Waals surface area (Å²) in [5, 5.41) is 2.31. The maximum absolute atomic E-state index is 13.5. The number of hydrogen-bond acceptors (Lipinski definition) is 3. The Kier molecular flexibility index (Phi) is 5.46.